The number of benzene rings is 2. The molecule has 0 saturated heterocycles. The third-order valence-corrected chi connectivity index (χ3v) is 3.89. The van der Waals surface area contributed by atoms with E-state index >= 15 is 0 Å². The average molecular weight is 293 g/mol. The number of aromatic nitrogens is 1. The lowest BCUT2D eigenvalue weighted by molar-refractivity contribution is 0.112. The first-order valence-corrected chi connectivity index (χ1v) is 7.60. The molecule has 0 bridgehead atoms. The molecule has 0 amide bonds. The Balaban J connectivity index is 2.25. The number of carbonyl (C=O) groups excluding carboxylic acids is 1. The van der Waals surface area contributed by atoms with E-state index in [0.717, 1.165) is 40.6 Å². The molecule has 1 N–H and O–H groups in total. The number of aryl methyl sites for hydroxylation is 1. The Morgan fingerprint density at radius 3 is 2.68 bits per heavy atom. The van der Waals surface area contributed by atoms with Gasteiger partial charge >= 0.3 is 0 Å². The van der Waals surface area contributed by atoms with Crippen molar-refractivity contribution in [1.82, 2.24) is 4.98 Å². The van der Waals surface area contributed by atoms with E-state index in [4.69, 9.17) is 4.74 Å². The maximum absolute atomic E-state index is 11.7. The number of H-pyrrole nitrogens is 1. The minimum absolute atomic E-state index is 0.591. The molecule has 1 heterocycles. The van der Waals surface area contributed by atoms with E-state index in [1.54, 1.807) is 0 Å². The lowest BCUT2D eigenvalue weighted by Gasteiger charge is -2.09. The molecule has 112 valence electrons. The van der Waals surface area contributed by atoms with Crippen molar-refractivity contribution in [2.45, 2.75) is 20.3 Å². The van der Waals surface area contributed by atoms with Crippen molar-refractivity contribution in [2.24, 2.45) is 0 Å². The van der Waals surface area contributed by atoms with Gasteiger partial charge in [0.2, 0.25) is 0 Å². The Bertz CT molecular complexity index is 817. The second-order valence-corrected chi connectivity index (χ2v) is 5.19. The molecular weight excluding hydrogens is 274 g/mol. The van der Waals surface area contributed by atoms with Gasteiger partial charge in [-0.05, 0) is 43.2 Å². The molecule has 0 atom stereocenters. The normalized spacial score (nSPS) is 10.8. The van der Waals surface area contributed by atoms with E-state index in [2.05, 4.69) is 24.0 Å². The Morgan fingerprint density at radius 1 is 1.14 bits per heavy atom. The Kier molecular flexibility index (Phi) is 3.96. The number of rotatable bonds is 5. The van der Waals surface area contributed by atoms with Gasteiger partial charge in [0.15, 0.2) is 6.29 Å². The molecule has 3 nitrogen and oxygen atoms in total. The van der Waals surface area contributed by atoms with Crippen LogP contribution in [0.25, 0.3) is 22.2 Å². The smallest absolute Gasteiger partial charge is 0.152 e. The molecule has 0 aliphatic heterocycles. The number of hydrogen-bond donors (Lipinski definition) is 1. The van der Waals surface area contributed by atoms with Crippen molar-refractivity contribution in [2.75, 3.05) is 6.61 Å². The number of para-hydroxylation sites is 1. The Hall–Kier alpha value is -2.55. The summed E-state index contributed by atoms with van der Waals surface area (Å²) in [5.74, 6) is 0.787. The highest BCUT2D eigenvalue weighted by Crippen LogP contribution is 2.35. The first-order chi connectivity index (χ1) is 10.8. The van der Waals surface area contributed by atoms with Crippen molar-refractivity contribution in [3.05, 3.63) is 53.6 Å². The van der Waals surface area contributed by atoms with Gasteiger partial charge in [-0.15, -0.1) is 0 Å². The molecule has 2 aromatic carbocycles. The molecule has 3 rings (SSSR count). The number of aldehydes is 1. The average Bonchev–Trinajstić information content (AvgIpc) is 2.93. The molecule has 0 unspecified atom stereocenters. The third kappa shape index (κ3) is 2.39. The standard InChI is InChI=1S/C19H19NO2/c1-3-13-9-10-17-15(11-13)16(12-21)19(20-17)14-7-5-6-8-18(14)22-4-2/h5-12,20H,3-4H2,1-2H3. The lowest BCUT2D eigenvalue weighted by atomic mass is 10.0. The fourth-order valence-corrected chi connectivity index (χ4v) is 2.77. The Morgan fingerprint density at radius 2 is 1.95 bits per heavy atom. The lowest BCUT2D eigenvalue weighted by Crippen LogP contribution is -1.95. The number of carbonyl (C=O) groups is 1. The van der Waals surface area contributed by atoms with Crippen LogP contribution in [0, 0.1) is 0 Å². The summed E-state index contributed by atoms with van der Waals surface area (Å²) in [4.78, 5) is 15.1. The van der Waals surface area contributed by atoms with Crippen molar-refractivity contribution in [1.29, 1.82) is 0 Å². The zero-order valence-corrected chi connectivity index (χ0v) is 12.8. The summed E-state index contributed by atoms with van der Waals surface area (Å²) >= 11 is 0. The Labute approximate surface area is 129 Å². The van der Waals surface area contributed by atoms with Crippen LogP contribution < -0.4 is 4.74 Å². The second kappa shape index (κ2) is 6.06. The van der Waals surface area contributed by atoms with Crippen LogP contribution in [0.4, 0.5) is 0 Å². The van der Waals surface area contributed by atoms with Gasteiger partial charge in [0, 0.05) is 22.0 Å². The molecule has 22 heavy (non-hydrogen) atoms. The zero-order chi connectivity index (χ0) is 15.5. The van der Waals surface area contributed by atoms with Gasteiger partial charge in [-0.3, -0.25) is 4.79 Å². The fourth-order valence-electron chi connectivity index (χ4n) is 2.77. The fraction of sp³-hybridized carbons (Fsp3) is 0.211. The van der Waals surface area contributed by atoms with Gasteiger partial charge < -0.3 is 9.72 Å². The quantitative estimate of drug-likeness (QED) is 0.698. The summed E-state index contributed by atoms with van der Waals surface area (Å²) < 4.78 is 5.70. The number of hydrogen-bond acceptors (Lipinski definition) is 2. The number of ether oxygens (including phenoxy) is 1. The molecule has 0 spiro atoms. The minimum atomic E-state index is 0.591. The summed E-state index contributed by atoms with van der Waals surface area (Å²) in [5.41, 5.74) is 4.63. The summed E-state index contributed by atoms with van der Waals surface area (Å²) in [5, 5.41) is 0.968. The van der Waals surface area contributed by atoms with Gasteiger partial charge in [-0.1, -0.05) is 25.1 Å². The van der Waals surface area contributed by atoms with E-state index < -0.39 is 0 Å². The highest BCUT2D eigenvalue weighted by Gasteiger charge is 2.16. The molecule has 0 aliphatic rings. The zero-order valence-electron chi connectivity index (χ0n) is 12.8. The van der Waals surface area contributed by atoms with Crippen LogP contribution in [0.3, 0.4) is 0 Å². The molecular formula is C19H19NO2. The summed E-state index contributed by atoms with van der Waals surface area (Å²) in [6, 6.07) is 14.0. The van der Waals surface area contributed by atoms with E-state index in [0.29, 0.717) is 12.2 Å². The summed E-state index contributed by atoms with van der Waals surface area (Å²) in [6.07, 6.45) is 1.88. The van der Waals surface area contributed by atoms with Crippen molar-refractivity contribution < 1.29 is 9.53 Å². The highest BCUT2D eigenvalue weighted by molar-refractivity contribution is 6.05. The van der Waals surface area contributed by atoms with Gasteiger partial charge in [-0.2, -0.15) is 0 Å². The van der Waals surface area contributed by atoms with Crippen LogP contribution in [0.5, 0.6) is 5.75 Å². The number of fused-ring (bicyclic) bond motifs is 1. The monoisotopic (exact) mass is 293 g/mol. The summed E-state index contributed by atoms with van der Waals surface area (Å²) in [6.45, 7) is 4.66. The van der Waals surface area contributed by atoms with Crippen LogP contribution in [0.15, 0.2) is 42.5 Å². The SMILES string of the molecule is CCOc1ccccc1-c1[nH]c2ccc(CC)cc2c1C=O. The first-order valence-electron chi connectivity index (χ1n) is 7.60. The molecule has 0 fully saturated rings. The van der Waals surface area contributed by atoms with Crippen LogP contribution >= 0.6 is 0 Å². The molecule has 3 heteroatoms. The minimum Gasteiger partial charge on any atom is -0.493 e. The van der Waals surface area contributed by atoms with Crippen LogP contribution in [0.1, 0.15) is 29.8 Å². The number of nitrogens with one attached hydrogen (secondary N) is 1. The predicted molar refractivity (Wildman–Crippen MR) is 89.7 cm³/mol. The van der Waals surface area contributed by atoms with Gasteiger partial charge in [0.25, 0.3) is 0 Å². The van der Waals surface area contributed by atoms with Crippen LogP contribution in [0.2, 0.25) is 0 Å². The summed E-state index contributed by atoms with van der Waals surface area (Å²) in [7, 11) is 0. The van der Waals surface area contributed by atoms with Crippen LogP contribution in [-0.2, 0) is 6.42 Å². The van der Waals surface area contributed by atoms with E-state index in [1.165, 1.54) is 5.56 Å². The highest BCUT2D eigenvalue weighted by atomic mass is 16.5. The molecule has 0 aliphatic carbocycles. The third-order valence-electron chi connectivity index (χ3n) is 3.89. The molecule has 0 radical (unpaired) electrons. The maximum Gasteiger partial charge on any atom is 0.152 e. The predicted octanol–water partition coefficient (Wildman–Crippen LogP) is 4.61. The maximum atomic E-state index is 11.7. The molecule has 3 aromatic rings. The molecule has 1 aromatic heterocycles. The van der Waals surface area contributed by atoms with Crippen molar-refractivity contribution >= 4 is 17.2 Å². The van der Waals surface area contributed by atoms with E-state index in [-0.39, 0.29) is 0 Å². The van der Waals surface area contributed by atoms with Gasteiger partial charge in [0.05, 0.1) is 12.3 Å². The van der Waals surface area contributed by atoms with Gasteiger partial charge in [0.1, 0.15) is 5.75 Å². The second-order valence-electron chi connectivity index (χ2n) is 5.19. The van der Waals surface area contributed by atoms with Crippen molar-refractivity contribution in [3.8, 4) is 17.0 Å². The topological polar surface area (TPSA) is 42.1 Å². The first kappa shape index (κ1) is 14.4. The van der Waals surface area contributed by atoms with Gasteiger partial charge in [-0.25, -0.2) is 0 Å². The van der Waals surface area contributed by atoms with E-state index in [9.17, 15) is 4.79 Å². The molecule has 0 saturated carbocycles. The van der Waals surface area contributed by atoms with E-state index in [1.807, 2.05) is 37.3 Å². The largest absolute Gasteiger partial charge is 0.493 e. The number of aromatic amines is 1. The van der Waals surface area contributed by atoms with Crippen molar-refractivity contribution in [3.63, 3.8) is 0 Å². The van der Waals surface area contributed by atoms with Crippen LogP contribution in [-0.4, -0.2) is 17.9 Å².